The van der Waals surface area contributed by atoms with Crippen LogP contribution in [0.4, 0.5) is 0 Å². The van der Waals surface area contributed by atoms with Gasteiger partial charge in [-0.05, 0) is 30.2 Å². The van der Waals surface area contributed by atoms with Crippen molar-refractivity contribution in [1.29, 1.82) is 0 Å². The number of para-hydroxylation sites is 1. The van der Waals surface area contributed by atoms with Crippen LogP contribution in [0.3, 0.4) is 0 Å². The number of amides is 1. The Morgan fingerprint density at radius 1 is 1.23 bits per heavy atom. The highest BCUT2D eigenvalue weighted by atomic mass is 16.7. The molecule has 0 atom stereocenters. The van der Waals surface area contributed by atoms with Gasteiger partial charge in [-0.3, -0.25) is 14.7 Å². The van der Waals surface area contributed by atoms with Gasteiger partial charge < -0.3 is 14.8 Å². The fourth-order valence-electron chi connectivity index (χ4n) is 2.76. The molecule has 26 heavy (non-hydrogen) atoms. The molecule has 0 fully saturated rings. The number of nitrogens with one attached hydrogen (secondary N) is 2. The first-order valence-electron chi connectivity index (χ1n) is 8.11. The van der Waals surface area contributed by atoms with Crippen molar-refractivity contribution in [2.24, 2.45) is 0 Å². The molecule has 0 spiro atoms. The Morgan fingerprint density at radius 3 is 3.00 bits per heavy atom. The van der Waals surface area contributed by atoms with E-state index < -0.39 is 0 Å². The van der Waals surface area contributed by atoms with Crippen LogP contribution in [-0.2, 0) is 6.42 Å². The molecule has 1 aliphatic heterocycles. The molecule has 1 amide bonds. The zero-order chi connectivity index (χ0) is 17.9. The standard InChI is InChI=1S/C18H16N4O4/c23-16-10-13(21-22(16)15-6-1-2-8-19-15)18(24)20-9-7-12-4-3-5-14-17(12)26-11-25-14/h1-6,8,10,21H,7,9,11H2,(H,20,24). The summed E-state index contributed by atoms with van der Waals surface area (Å²) in [6.45, 7) is 0.608. The van der Waals surface area contributed by atoms with Crippen molar-refractivity contribution in [2.75, 3.05) is 13.3 Å². The summed E-state index contributed by atoms with van der Waals surface area (Å²) in [6, 6.07) is 12.1. The van der Waals surface area contributed by atoms with Crippen LogP contribution >= 0.6 is 0 Å². The lowest BCUT2D eigenvalue weighted by atomic mass is 10.1. The van der Waals surface area contributed by atoms with Crippen molar-refractivity contribution >= 4 is 5.91 Å². The normalized spacial score (nSPS) is 12.2. The van der Waals surface area contributed by atoms with Crippen molar-refractivity contribution in [3.05, 3.63) is 70.3 Å². The second kappa shape index (κ2) is 6.75. The van der Waals surface area contributed by atoms with E-state index in [1.54, 1.807) is 24.4 Å². The van der Waals surface area contributed by atoms with Crippen LogP contribution in [0.25, 0.3) is 5.82 Å². The molecule has 1 aromatic carbocycles. The zero-order valence-electron chi connectivity index (χ0n) is 13.8. The first-order valence-corrected chi connectivity index (χ1v) is 8.11. The molecule has 8 heteroatoms. The van der Waals surface area contributed by atoms with Crippen LogP contribution in [-0.4, -0.2) is 34.0 Å². The molecule has 4 rings (SSSR count). The minimum absolute atomic E-state index is 0.179. The molecule has 0 saturated heterocycles. The summed E-state index contributed by atoms with van der Waals surface area (Å²) in [6.07, 6.45) is 2.16. The Kier molecular flexibility index (Phi) is 4.14. The summed E-state index contributed by atoms with van der Waals surface area (Å²) < 4.78 is 12.0. The van der Waals surface area contributed by atoms with Crippen molar-refractivity contribution < 1.29 is 14.3 Å². The quantitative estimate of drug-likeness (QED) is 0.720. The maximum atomic E-state index is 12.3. The van der Waals surface area contributed by atoms with E-state index in [0.29, 0.717) is 24.5 Å². The van der Waals surface area contributed by atoms with Gasteiger partial charge in [0.15, 0.2) is 17.3 Å². The molecule has 0 saturated carbocycles. The second-order valence-corrected chi connectivity index (χ2v) is 5.69. The van der Waals surface area contributed by atoms with E-state index in [9.17, 15) is 9.59 Å². The smallest absolute Gasteiger partial charge is 0.273 e. The first-order chi connectivity index (χ1) is 12.7. The SMILES string of the molecule is O=C(NCCc1cccc2c1OCO2)c1cc(=O)n(-c2ccccn2)[nH]1. The van der Waals surface area contributed by atoms with Crippen LogP contribution < -0.4 is 20.3 Å². The van der Waals surface area contributed by atoms with Crippen molar-refractivity contribution in [2.45, 2.75) is 6.42 Å². The molecule has 0 radical (unpaired) electrons. The number of hydrogen-bond acceptors (Lipinski definition) is 5. The molecule has 1 aliphatic rings. The highest BCUT2D eigenvalue weighted by Gasteiger charge is 2.17. The number of aromatic amines is 1. The van der Waals surface area contributed by atoms with Crippen LogP contribution in [0.1, 0.15) is 16.1 Å². The summed E-state index contributed by atoms with van der Waals surface area (Å²) in [5.41, 5.74) is 0.790. The number of H-pyrrole nitrogens is 1. The van der Waals surface area contributed by atoms with Crippen molar-refractivity contribution in [3.8, 4) is 17.3 Å². The Hall–Kier alpha value is -3.55. The number of carbonyl (C=O) groups is 1. The minimum Gasteiger partial charge on any atom is -0.454 e. The van der Waals surface area contributed by atoms with E-state index in [1.165, 1.54) is 10.7 Å². The fourth-order valence-corrected chi connectivity index (χ4v) is 2.76. The number of fused-ring (bicyclic) bond motifs is 1. The van der Waals surface area contributed by atoms with E-state index in [4.69, 9.17) is 9.47 Å². The minimum atomic E-state index is -0.360. The van der Waals surface area contributed by atoms with E-state index >= 15 is 0 Å². The summed E-state index contributed by atoms with van der Waals surface area (Å²) in [5.74, 6) is 1.50. The zero-order valence-corrected chi connectivity index (χ0v) is 13.8. The molecule has 0 aliphatic carbocycles. The molecule has 2 N–H and O–H groups in total. The molecule has 0 unspecified atom stereocenters. The van der Waals surface area contributed by atoms with Gasteiger partial charge in [0.2, 0.25) is 6.79 Å². The number of rotatable bonds is 5. The number of aromatic nitrogens is 3. The van der Waals surface area contributed by atoms with Gasteiger partial charge in [0.05, 0.1) is 0 Å². The van der Waals surface area contributed by atoms with Crippen LogP contribution in [0, 0.1) is 0 Å². The fraction of sp³-hybridized carbons (Fsp3) is 0.167. The van der Waals surface area contributed by atoms with Gasteiger partial charge in [-0.15, -0.1) is 0 Å². The molecular formula is C18H16N4O4. The van der Waals surface area contributed by atoms with Gasteiger partial charge in [-0.2, -0.15) is 0 Å². The predicted octanol–water partition coefficient (Wildman–Crippen LogP) is 1.26. The molecule has 2 aromatic heterocycles. The highest BCUT2D eigenvalue weighted by Crippen LogP contribution is 2.35. The third kappa shape index (κ3) is 3.04. The molecule has 8 nitrogen and oxygen atoms in total. The van der Waals surface area contributed by atoms with E-state index in [-0.39, 0.29) is 24.0 Å². The number of benzene rings is 1. The average Bonchev–Trinajstić information content (AvgIpc) is 3.29. The third-order valence-electron chi connectivity index (χ3n) is 4.00. The second-order valence-electron chi connectivity index (χ2n) is 5.69. The van der Waals surface area contributed by atoms with Crippen LogP contribution in [0.2, 0.25) is 0 Å². The monoisotopic (exact) mass is 352 g/mol. The summed E-state index contributed by atoms with van der Waals surface area (Å²) in [7, 11) is 0. The Bertz CT molecular complexity index is 994. The Balaban J connectivity index is 1.42. The van der Waals surface area contributed by atoms with Crippen LogP contribution in [0.5, 0.6) is 11.5 Å². The molecule has 3 aromatic rings. The van der Waals surface area contributed by atoms with Gasteiger partial charge in [-0.1, -0.05) is 18.2 Å². The third-order valence-corrected chi connectivity index (χ3v) is 4.00. The topological polar surface area (TPSA) is 98.2 Å². The number of nitrogens with zero attached hydrogens (tertiary/aromatic N) is 2. The maximum Gasteiger partial charge on any atom is 0.273 e. The van der Waals surface area contributed by atoms with Crippen LogP contribution in [0.15, 0.2) is 53.5 Å². The first kappa shape index (κ1) is 15.9. The maximum absolute atomic E-state index is 12.3. The van der Waals surface area contributed by atoms with Gasteiger partial charge in [0.25, 0.3) is 11.5 Å². The largest absolute Gasteiger partial charge is 0.454 e. The predicted molar refractivity (Wildman–Crippen MR) is 92.8 cm³/mol. The van der Waals surface area contributed by atoms with Gasteiger partial charge in [0, 0.05) is 18.8 Å². The molecular weight excluding hydrogens is 336 g/mol. The Labute approximate surface area is 148 Å². The van der Waals surface area contributed by atoms with Gasteiger partial charge in [0.1, 0.15) is 5.69 Å². The number of ether oxygens (including phenoxy) is 2. The summed E-state index contributed by atoms with van der Waals surface area (Å²) in [5, 5.41) is 5.56. The van der Waals surface area contributed by atoms with E-state index in [1.807, 2.05) is 18.2 Å². The number of hydrogen-bond donors (Lipinski definition) is 2. The molecule has 3 heterocycles. The van der Waals surface area contributed by atoms with Crippen molar-refractivity contribution in [3.63, 3.8) is 0 Å². The summed E-state index contributed by atoms with van der Waals surface area (Å²) >= 11 is 0. The van der Waals surface area contributed by atoms with E-state index in [2.05, 4.69) is 15.4 Å². The van der Waals surface area contributed by atoms with Gasteiger partial charge >= 0.3 is 0 Å². The molecule has 0 bridgehead atoms. The lowest BCUT2D eigenvalue weighted by Crippen LogP contribution is -2.26. The molecule has 132 valence electrons. The van der Waals surface area contributed by atoms with Gasteiger partial charge in [-0.25, -0.2) is 9.67 Å². The van der Waals surface area contributed by atoms with E-state index in [0.717, 1.165) is 11.3 Å². The highest BCUT2D eigenvalue weighted by molar-refractivity contribution is 5.92. The lowest BCUT2D eigenvalue weighted by molar-refractivity contribution is 0.0948. The van der Waals surface area contributed by atoms with Crippen molar-refractivity contribution in [1.82, 2.24) is 20.1 Å². The number of pyridine rings is 1. The average molecular weight is 352 g/mol. The lowest BCUT2D eigenvalue weighted by Gasteiger charge is -2.07. The number of carbonyl (C=O) groups excluding carboxylic acids is 1. The summed E-state index contributed by atoms with van der Waals surface area (Å²) in [4.78, 5) is 28.4. The Morgan fingerprint density at radius 2 is 2.15 bits per heavy atom.